The maximum Gasteiger partial charge on any atom is 0.257 e. The molecule has 4 rings (SSSR count). The van der Waals surface area contributed by atoms with Crippen LogP contribution in [0.25, 0.3) is 11.0 Å². The first-order valence-electron chi connectivity index (χ1n) is 8.51. The Labute approximate surface area is 155 Å². The van der Waals surface area contributed by atoms with Crippen molar-refractivity contribution in [3.63, 3.8) is 0 Å². The van der Waals surface area contributed by atoms with E-state index >= 15 is 0 Å². The van der Waals surface area contributed by atoms with Crippen LogP contribution in [0.5, 0.6) is 11.5 Å². The molecule has 0 fully saturated rings. The fraction of sp³-hybridized carbons (Fsp3) is 0.143. The molecule has 1 N–H and O–H groups in total. The molecule has 4 aromatic rings. The van der Waals surface area contributed by atoms with Crippen molar-refractivity contribution < 1.29 is 18.5 Å². The number of aromatic nitrogens is 1. The van der Waals surface area contributed by atoms with Crippen molar-refractivity contribution in [3.8, 4) is 11.5 Å². The van der Waals surface area contributed by atoms with Crippen molar-refractivity contribution in [2.45, 2.75) is 20.8 Å². The van der Waals surface area contributed by atoms with Gasteiger partial charge in [0.1, 0.15) is 28.6 Å². The summed E-state index contributed by atoms with van der Waals surface area (Å²) in [5.74, 6) is 2.62. The number of hydrogen-bond acceptors (Lipinski definition) is 5. The van der Waals surface area contributed by atoms with Crippen LogP contribution >= 0.6 is 0 Å². The van der Waals surface area contributed by atoms with Crippen LogP contribution in [-0.2, 0) is 0 Å². The maximum atomic E-state index is 12.6. The quantitative estimate of drug-likeness (QED) is 0.526. The van der Waals surface area contributed by atoms with Gasteiger partial charge in [-0.1, -0.05) is 22.9 Å². The van der Waals surface area contributed by atoms with Crippen LogP contribution in [0.3, 0.4) is 0 Å². The standard InChI is InChI=1S/C21H18N2O4/c1-12-4-6-16(7-5-12)26-19-11-15(10-18-17(19)8-13(2)25-18)21(24)22-20-9-14(3)27-23-20/h4-11H,1-3H3,(H,22,23,24). The highest BCUT2D eigenvalue weighted by molar-refractivity contribution is 6.06. The molecule has 2 aromatic heterocycles. The van der Waals surface area contributed by atoms with Gasteiger partial charge in [0.05, 0.1) is 5.39 Å². The van der Waals surface area contributed by atoms with Crippen LogP contribution in [0, 0.1) is 20.8 Å². The van der Waals surface area contributed by atoms with Crippen LogP contribution in [0.15, 0.2) is 57.5 Å². The van der Waals surface area contributed by atoms with E-state index in [2.05, 4.69) is 10.5 Å². The van der Waals surface area contributed by atoms with Gasteiger partial charge < -0.3 is 19.0 Å². The predicted molar refractivity (Wildman–Crippen MR) is 101 cm³/mol. The van der Waals surface area contributed by atoms with Gasteiger partial charge in [-0.25, -0.2) is 0 Å². The molecule has 1 amide bonds. The van der Waals surface area contributed by atoms with E-state index in [1.807, 2.05) is 44.2 Å². The van der Waals surface area contributed by atoms with E-state index in [-0.39, 0.29) is 5.91 Å². The Balaban J connectivity index is 1.71. The predicted octanol–water partition coefficient (Wildman–Crippen LogP) is 5.39. The molecule has 0 saturated carbocycles. The van der Waals surface area contributed by atoms with Crippen LogP contribution in [0.4, 0.5) is 5.82 Å². The first kappa shape index (κ1) is 16.9. The fourth-order valence-electron chi connectivity index (χ4n) is 2.80. The molecule has 6 heteroatoms. The Kier molecular flexibility index (Phi) is 4.16. The lowest BCUT2D eigenvalue weighted by Crippen LogP contribution is -2.12. The van der Waals surface area contributed by atoms with Crippen LogP contribution in [-0.4, -0.2) is 11.1 Å². The number of fused-ring (bicyclic) bond motifs is 1. The van der Waals surface area contributed by atoms with Gasteiger partial charge in [0.25, 0.3) is 5.91 Å². The zero-order chi connectivity index (χ0) is 19.0. The third-order valence-electron chi connectivity index (χ3n) is 4.10. The maximum absolute atomic E-state index is 12.6. The van der Waals surface area contributed by atoms with E-state index in [1.54, 1.807) is 25.1 Å². The van der Waals surface area contributed by atoms with Crippen LogP contribution in [0.1, 0.15) is 27.4 Å². The van der Waals surface area contributed by atoms with Gasteiger partial charge in [-0.05, 0) is 51.1 Å². The molecule has 136 valence electrons. The summed E-state index contributed by atoms with van der Waals surface area (Å²) >= 11 is 0. The molecule has 27 heavy (non-hydrogen) atoms. The second-order valence-electron chi connectivity index (χ2n) is 6.44. The normalized spacial score (nSPS) is 10.9. The van der Waals surface area contributed by atoms with Gasteiger partial charge in [0, 0.05) is 11.6 Å². The highest BCUT2D eigenvalue weighted by Gasteiger charge is 2.16. The summed E-state index contributed by atoms with van der Waals surface area (Å²) in [6, 6.07) is 14.6. The lowest BCUT2D eigenvalue weighted by Gasteiger charge is -2.09. The Morgan fingerprint density at radius 3 is 2.48 bits per heavy atom. The minimum Gasteiger partial charge on any atom is -0.461 e. The lowest BCUT2D eigenvalue weighted by molar-refractivity contribution is 0.102. The molecule has 0 radical (unpaired) electrons. The number of aryl methyl sites for hydroxylation is 3. The fourth-order valence-corrected chi connectivity index (χ4v) is 2.80. The van der Waals surface area contributed by atoms with Crippen molar-refractivity contribution in [1.82, 2.24) is 5.16 Å². The molecular formula is C21H18N2O4. The van der Waals surface area contributed by atoms with Gasteiger partial charge in [-0.15, -0.1) is 0 Å². The molecule has 0 bridgehead atoms. The third-order valence-corrected chi connectivity index (χ3v) is 4.10. The molecule has 2 aromatic carbocycles. The summed E-state index contributed by atoms with van der Waals surface area (Å²) in [5, 5.41) is 7.30. The largest absolute Gasteiger partial charge is 0.461 e. The molecule has 0 saturated heterocycles. The number of carbonyl (C=O) groups is 1. The Morgan fingerprint density at radius 1 is 1.00 bits per heavy atom. The Hall–Kier alpha value is -3.54. The average molecular weight is 362 g/mol. The number of amides is 1. The van der Waals surface area contributed by atoms with E-state index < -0.39 is 0 Å². The summed E-state index contributed by atoms with van der Waals surface area (Å²) in [7, 11) is 0. The van der Waals surface area contributed by atoms with Crippen molar-refractivity contribution >= 4 is 22.7 Å². The number of carbonyl (C=O) groups excluding carboxylic acids is 1. The molecular weight excluding hydrogens is 344 g/mol. The van der Waals surface area contributed by atoms with E-state index in [0.29, 0.717) is 34.2 Å². The zero-order valence-electron chi connectivity index (χ0n) is 15.2. The number of anilines is 1. The van der Waals surface area contributed by atoms with E-state index in [0.717, 1.165) is 16.7 Å². The van der Waals surface area contributed by atoms with Gasteiger partial charge in [-0.2, -0.15) is 0 Å². The van der Waals surface area contributed by atoms with E-state index in [4.69, 9.17) is 13.7 Å². The summed E-state index contributed by atoms with van der Waals surface area (Å²) < 4.78 is 16.7. The highest BCUT2D eigenvalue weighted by Crippen LogP contribution is 2.34. The number of rotatable bonds is 4. The minimum absolute atomic E-state index is 0.326. The van der Waals surface area contributed by atoms with Crippen LogP contribution < -0.4 is 10.1 Å². The lowest BCUT2D eigenvalue weighted by atomic mass is 10.1. The van der Waals surface area contributed by atoms with Crippen molar-refractivity contribution in [3.05, 3.63) is 71.2 Å². The van der Waals surface area contributed by atoms with Gasteiger partial charge in [0.15, 0.2) is 5.82 Å². The number of nitrogens with one attached hydrogen (secondary N) is 1. The molecule has 0 aliphatic carbocycles. The third kappa shape index (κ3) is 3.55. The highest BCUT2D eigenvalue weighted by atomic mass is 16.5. The number of nitrogens with zero attached hydrogens (tertiary/aromatic N) is 1. The smallest absolute Gasteiger partial charge is 0.257 e. The Morgan fingerprint density at radius 2 is 1.78 bits per heavy atom. The summed E-state index contributed by atoms with van der Waals surface area (Å²) in [5.41, 5.74) is 2.13. The topological polar surface area (TPSA) is 77.5 Å². The second-order valence-corrected chi connectivity index (χ2v) is 6.44. The van der Waals surface area contributed by atoms with Crippen LogP contribution in [0.2, 0.25) is 0 Å². The van der Waals surface area contributed by atoms with E-state index in [1.165, 1.54) is 0 Å². The second kappa shape index (κ2) is 6.64. The van der Waals surface area contributed by atoms with Crippen molar-refractivity contribution in [2.75, 3.05) is 5.32 Å². The summed E-state index contributed by atoms with van der Waals surface area (Å²) in [4.78, 5) is 12.6. The number of ether oxygens (including phenoxy) is 1. The summed E-state index contributed by atoms with van der Waals surface area (Å²) in [6.07, 6.45) is 0. The SMILES string of the molecule is Cc1ccc(Oc2cc(C(=O)Nc3cc(C)on3)cc3oc(C)cc23)cc1. The molecule has 0 atom stereocenters. The van der Waals surface area contributed by atoms with Gasteiger partial charge in [0.2, 0.25) is 0 Å². The monoisotopic (exact) mass is 362 g/mol. The molecule has 6 nitrogen and oxygen atoms in total. The van der Waals surface area contributed by atoms with Crippen molar-refractivity contribution in [2.24, 2.45) is 0 Å². The van der Waals surface area contributed by atoms with Gasteiger partial charge >= 0.3 is 0 Å². The molecule has 2 heterocycles. The average Bonchev–Trinajstić information content (AvgIpc) is 3.21. The van der Waals surface area contributed by atoms with Gasteiger partial charge in [-0.3, -0.25) is 4.79 Å². The number of furan rings is 1. The van der Waals surface area contributed by atoms with Crippen molar-refractivity contribution in [1.29, 1.82) is 0 Å². The molecule has 0 spiro atoms. The van der Waals surface area contributed by atoms with E-state index in [9.17, 15) is 4.79 Å². The first-order valence-corrected chi connectivity index (χ1v) is 8.51. The molecule has 0 aliphatic heterocycles. The zero-order valence-corrected chi connectivity index (χ0v) is 15.2. The molecule has 0 unspecified atom stereocenters. The number of hydrogen-bond donors (Lipinski definition) is 1. The number of benzene rings is 2. The summed E-state index contributed by atoms with van der Waals surface area (Å²) in [6.45, 7) is 5.62. The molecule has 0 aliphatic rings. The minimum atomic E-state index is -0.326. The Bertz CT molecular complexity index is 1120. The first-order chi connectivity index (χ1) is 13.0.